The van der Waals surface area contributed by atoms with Crippen molar-refractivity contribution in [2.75, 3.05) is 13.7 Å². The number of allylic oxidation sites excluding steroid dienone is 1. The number of fused-ring (bicyclic) bond motifs is 2. The maximum Gasteiger partial charge on any atom is 0.419 e. The second-order valence-corrected chi connectivity index (χ2v) is 12.4. The number of amides is 3. The van der Waals surface area contributed by atoms with Crippen LogP contribution in [0.25, 0.3) is 21.8 Å². The van der Waals surface area contributed by atoms with Gasteiger partial charge >= 0.3 is 12.1 Å². The van der Waals surface area contributed by atoms with Crippen molar-refractivity contribution in [1.29, 1.82) is 0 Å². The van der Waals surface area contributed by atoms with E-state index in [1.807, 2.05) is 24.3 Å². The number of carbonyl (C=O) groups is 5. The Kier molecular flexibility index (Phi) is 10.8. The molecule has 4 rings (SSSR count). The fourth-order valence-corrected chi connectivity index (χ4v) is 5.50. The predicted molar refractivity (Wildman–Crippen MR) is 174 cm³/mol. The van der Waals surface area contributed by atoms with Crippen LogP contribution < -0.4 is 21.7 Å². The minimum atomic E-state index is -1.16. The lowest BCUT2D eigenvalue weighted by atomic mass is 10.0. The quantitative estimate of drug-likeness (QED) is 0.181. The maximum absolute atomic E-state index is 13.8. The number of nitrogens with two attached hydrogens (primary N) is 1. The first kappa shape index (κ1) is 34.2. The van der Waals surface area contributed by atoms with Crippen molar-refractivity contribution in [1.82, 2.24) is 20.5 Å². The van der Waals surface area contributed by atoms with Crippen LogP contribution in [0.2, 0.25) is 0 Å². The maximum atomic E-state index is 13.8. The monoisotopic (exact) mass is 633 g/mol. The van der Waals surface area contributed by atoms with Gasteiger partial charge in [0.1, 0.15) is 23.7 Å². The summed E-state index contributed by atoms with van der Waals surface area (Å²) < 4.78 is 12.2. The van der Waals surface area contributed by atoms with Crippen molar-refractivity contribution in [3.63, 3.8) is 0 Å². The molecule has 0 saturated heterocycles. The van der Waals surface area contributed by atoms with Gasteiger partial charge in [-0.3, -0.25) is 14.4 Å². The van der Waals surface area contributed by atoms with E-state index < -0.39 is 53.5 Å². The summed E-state index contributed by atoms with van der Waals surface area (Å²) >= 11 is 0. The number of unbranched alkanes of at least 4 members (excludes halogenated alkanes) is 1. The third-order valence-electron chi connectivity index (χ3n) is 7.65. The Morgan fingerprint density at radius 1 is 0.978 bits per heavy atom. The van der Waals surface area contributed by atoms with Crippen molar-refractivity contribution in [3.8, 4) is 0 Å². The first-order valence-corrected chi connectivity index (χ1v) is 15.4. The van der Waals surface area contributed by atoms with Gasteiger partial charge in [0.25, 0.3) is 0 Å². The average molecular weight is 634 g/mol. The van der Waals surface area contributed by atoms with Gasteiger partial charge in [-0.1, -0.05) is 24.3 Å². The van der Waals surface area contributed by atoms with E-state index in [-0.39, 0.29) is 12.8 Å². The fraction of sp³-hybridized carbons (Fsp3) is 0.441. The second-order valence-electron chi connectivity index (χ2n) is 12.4. The zero-order valence-electron chi connectivity index (χ0n) is 27.0. The number of rotatable bonds is 6. The van der Waals surface area contributed by atoms with Crippen LogP contribution in [0, 0.1) is 0 Å². The number of nitrogens with zero attached hydrogens (tertiary/aromatic N) is 1. The Bertz CT molecular complexity index is 1670. The SMILES string of the molecule is COC(=O)C1C/C=C\Cc2ccc3c(c2)c2cc(ccc2n3C(=O)OC(C)(C)C)C(NC(C)=O)C(=O)NC(CCCCN)C(=O)N1. The summed E-state index contributed by atoms with van der Waals surface area (Å²) in [4.78, 5) is 65.7. The Hall–Kier alpha value is -4.71. The molecule has 3 amide bonds. The standard InChI is InChI=1S/C34H43N5O7/c1-20(40)36-29-22-14-16-28-24(19-22)23-18-21(13-15-27(23)39(28)33(44)46-34(2,3)4)10-6-7-12-26(32(43)45-5)38-30(41)25(37-31(29)42)11-8-9-17-35/h6-7,13-16,18-19,25-26,29H,8-12,17,35H2,1-5H3,(H,36,40)(H,37,42)(H,38,41)/b7-6-. The van der Waals surface area contributed by atoms with Crippen LogP contribution in [0.15, 0.2) is 48.6 Å². The van der Waals surface area contributed by atoms with Gasteiger partial charge in [0.05, 0.1) is 18.1 Å². The second kappa shape index (κ2) is 14.6. The summed E-state index contributed by atoms with van der Waals surface area (Å²) in [7, 11) is 1.24. The van der Waals surface area contributed by atoms with Crippen molar-refractivity contribution in [3.05, 3.63) is 59.7 Å². The largest absolute Gasteiger partial charge is 0.467 e. The molecule has 1 aliphatic rings. The molecule has 3 atom stereocenters. The lowest BCUT2D eigenvalue weighted by molar-refractivity contribution is -0.145. The number of hydrogen-bond acceptors (Lipinski definition) is 8. The van der Waals surface area contributed by atoms with E-state index in [1.54, 1.807) is 45.0 Å². The molecule has 2 heterocycles. The van der Waals surface area contributed by atoms with E-state index in [9.17, 15) is 24.0 Å². The van der Waals surface area contributed by atoms with Crippen LogP contribution in [0.1, 0.15) is 70.5 Å². The molecular formula is C34H43N5O7. The number of hydrogen-bond donors (Lipinski definition) is 4. The van der Waals surface area contributed by atoms with Gasteiger partial charge in [-0.25, -0.2) is 14.2 Å². The van der Waals surface area contributed by atoms with Crippen LogP contribution in [0.5, 0.6) is 0 Å². The molecule has 12 heteroatoms. The number of carbonyl (C=O) groups excluding carboxylic acids is 5. The summed E-state index contributed by atoms with van der Waals surface area (Å²) in [6, 6.07) is 7.71. The minimum absolute atomic E-state index is 0.165. The van der Waals surface area contributed by atoms with Crippen LogP contribution >= 0.6 is 0 Å². The summed E-state index contributed by atoms with van der Waals surface area (Å²) in [5, 5.41) is 9.65. The highest BCUT2D eigenvalue weighted by Gasteiger charge is 2.31. The van der Waals surface area contributed by atoms with Crippen LogP contribution in [-0.4, -0.2) is 65.7 Å². The predicted octanol–water partition coefficient (Wildman–Crippen LogP) is 3.53. The number of esters is 1. The minimum Gasteiger partial charge on any atom is -0.467 e. The average Bonchev–Trinajstić information content (AvgIpc) is 3.32. The third-order valence-corrected chi connectivity index (χ3v) is 7.65. The van der Waals surface area contributed by atoms with Crippen molar-refractivity contribution >= 4 is 51.6 Å². The summed E-state index contributed by atoms with van der Waals surface area (Å²) in [6.45, 7) is 7.09. The Morgan fingerprint density at radius 3 is 2.33 bits per heavy atom. The van der Waals surface area contributed by atoms with E-state index in [0.29, 0.717) is 47.8 Å². The molecular weight excluding hydrogens is 590 g/mol. The van der Waals surface area contributed by atoms with Crippen LogP contribution in [0.4, 0.5) is 4.79 Å². The molecule has 4 bridgehead atoms. The number of benzene rings is 2. The Labute approximate surface area is 268 Å². The van der Waals surface area contributed by atoms with Gasteiger partial charge in [0.15, 0.2) is 0 Å². The molecule has 0 aliphatic carbocycles. The van der Waals surface area contributed by atoms with E-state index in [2.05, 4.69) is 16.0 Å². The van der Waals surface area contributed by atoms with Gasteiger partial charge in [-0.2, -0.15) is 0 Å². The topological polar surface area (TPSA) is 171 Å². The van der Waals surface area contributed by atoms with Gasteiger partial charge < -0.3 is 31.2 Å². The number of ether oxygens (including phenoxy) is 2. The lowest BCUT2D eigenvalue weighted by Gasteiger charge is -2.25. The van der Waals surface area contributed by atoms with E-state index >= 15 is 0 Å². The Morgan fingerprint density at radius 2 is 1.67 bits per heavy atom. The number of methoxy groups -OCH3 is 1. The van der Waals surface area contributed by atoms with Crippen molar-refractivity contribution in [2.45, 2.75) is 83.5 Å². The summed E-state index contributed by atoms with van der Waals surface area (Å²) in [6.07, 6.45) is 5.24. The van der Waals surface area contributed by atoms with Crippen LogP contribution in [0.3, 0.4) is 0 Å². The van der Waals surface area contributed by atoms with E-state index in [1.165, 1.54) is 18.6 Å². The molecule has 246 valence electrons. The first-order valence-electron chi connectivity index (χ1n) is 15.4. The first-order chi connectivity index (χ1) is 21.8. The normalized spacial score (nSPS) is 19.9. The van der Waals surface area contributed by atoms with Gasteiger partial charge in [0.2, 0.25) is 17.7 Å². The zero-order chi connectivity index (χ0) is 33.6. The lowest BCUT2D eigenvalue weighted by Crippen LogP contribution is -2.53. The van der Waals surface area contributed by atoms with Crippen LogP contribution in [-0.2, 0) is 35.1 Å². The fourth-order valence-electron chi connectivity index (χ4n) is 5.50. The molecule has 1 aliphatic heterocycles. The van der Waals surface area contributed by atoms with Gasteiger partial charge in [-0.05, 0) is 94.8 Å². The highest BCUT2D eigenvalue weighted by atomic mass is 16.6. The summed E-state index contributed by atoms with van der Waals surface area (Å²) in [5.74, 6) is -2.25. The zero-order valence-corrected chi connectivity index (χ0v) is 27.0. The van der Waals surface area contributed by atoms with Gasteiger partial charge in [-0.15, -0.1) is 0 Å². The molecule has 0 fully saturated rings. The highest BCUT2D eigenvalue weighted by Crippen LogP contribution is 2.33. The van der Waals surface area contributed by atoms with Crippen molar-refractivity contribution < 1.29 is 33.4 Å². The van der Waals surface area contributed by atoms with Gasteiger partial charge in [0, 0.05) is 17.7 Å². The third kappa shape index (κ3) is 8.11. The smallest absolute Gasteiger partial charge is 0.419 e. The molecule has 5 N–H and O–H groups in total. The summed E-state index contributed by atoms with van der Waals surface area (Å²) in [5.41, 5.74) is 7.50. The molecule has 0 saturated carbocycles. The van der Waals surface area contributed by atoms with E-state index in [0.717, 1.165) is 10.9 Å². The molecule has 12 nitrogen and oxygen atoms in total. The molecule has 2 aromatic carbocycles. The molecule has 3 unspecified atom stereocenters. The number of nitrogens with one attached hydrogen (secondary N) is 3. The van der Waals surface area contributed by atoms with E-state index in [4.69, 9.17) is 15.2 Å². The molecule has 46 heavy (non-hydrogen) atoms. The molecule has 0 radical (unpaired) electrons. The Balaban J connectivity index is 1.90. The molecule has 3 aromatic rings. The highest BCUT2D eigenvalue weighted by molar-refractivity contribution is 6.13. The molecule has 0 spiro atoms. The van der Waals surface area contributed by atoms with Crippen molar-refractivity contribution in [2.24, 2.45) is 5.73 Å². The molecule has 1 aromatic heterocycles. The number of aromatic nitrogens is 1.